The first-order valence-corrected chi connectivity index (χ1v) is 12.7. The number of carbonyl (C=O) groups is 3. The van der Waals surface area contributed by atoms with Crippen molar-refractivity contribution in [2.24, 2.45) is 5.73 Å². The number of benzene rings is 2. The Morgan fingerprint density at radius 1 is 1.15 bits per heavy atom. The summed E-state index contributed by atoms with van der Waals surface area (Å²) in [5.74, 6) is -2.76. The summed E-state index contributed by atoms with van der Waals surface area (Å²) in [7, 11) is 0. The molecule has 0 atom stereocenters. The summed E-state index contributed by atoms with van der Waals surface area (Å²) in [4.78, 5) is 39.7. The minimum Gasteiger partial charge on any atom is -0.490 e. The van der Waals surface area contributed by atoms with E-state index in [-0.39, 0.29) is 17.1 Å². The van der Waals surface area contributed by atoms with E-state index in [0.29, 0.717) is 36.7 Å². The van der Waals surface area contributed by atoms with Crippen molar-refractivity contribution >= 4 is 41.0 Å². The van der Waals surface area contributed by atoms with Gasteiger partial charge < -0.3 is 25.8 Å². The molecule has 6 N–H and O–H groups in total. The number of carboxylic acids is 1. The molecule has 0 bridgehead atoms. The molecule has 2 aromatic rings. The Morgan fingerprint density at radius 2 is 1.80 bits per heavy atom. The topological polar surface area (TPSA) is 173 Å². The lowest BCUT2D eigenvalue weighted by molar-refractivity contribution is -0.140. The number of imide groups is 1. The van der Waals surface area contributed by atoms with Gasteiger partial charge in [-0.25, -0.2) is 9.69 Å². The highest BCUT2D eigenvalue weighted by Gasteiger charge is 2.40. The van der Waals surface area contributed by atoms with E-state index in [1.54, 1.807) is 11.8 Å². The third kappa shape index (κ3) is 7.74. The zero-order valence-corrected chi connectivity index (χ0v) is 22.5. The summed E-state index contributed by atoms with van der Waals surface area (Å²) in [6.45, 7) is 3.64. The molecule has 1 aliphatic heterocycles. The van der Waals surface area contributed by atoms with Crippen LogP contribution in [0.15, 0.2) is 36.4 Å². The third-order valence-corrected chi connectivity index (χ3v) is 6.56. The Labute approximate surface area is 234 Å². The number of nitrogens with two attached hydrogens (primary N) is 1. The number of urea groups is 1. The number of amidine groups is 2. The fourth-order valence-electron chi connectivity index (χ4n) is 4.48. The molecule has 1 heterocycles. The minimum absolute atomic E-state index is 0.110. The van der Waals surface area contributed by atoms with E-state index in [4.69, 9.17) is 26.4 Å². The summed E-state index contributed by atoms with van der Waals surface area (Å²) >= 11 is 0. The Bertz CT molecular complexity index is 1360. The predicted octanol–water partition coefficient (Wildman–Crippen LogP) is 4.57. The maximum atomic E-state index is 14.4. The van der Waals surface area contributed by atoms with Gasteiger partial charge in [-0.15, -0.1) is 0 Å². The van der Waals surface area contributed by atoms with Gasteiger partial charge in [0.15, 0.2) is 0 Å². The van der Waals surface area contributed by atoms with Gasteiger partial charge in [0.05, 0.1) is 17.9 Å². The number of alkyl halides is 3. The predicted molar refractivity (Wildman–Crippen MR) is 146 cm³/mol. The summed E-state index contributed by atoms with van der Waals surface area (Å²) in [6.07, 6.45) is -5.96. The number of ether oxygens (including phenoxy) is 1. The molecule has 1 fully saturated rings. The normalized spacial score (nSPS) is 13.8. The second kappa shape index (κ2) is 12.7. The molecular formula is C27H31F3N6O5. The molecule has 11 nitrogen and oxygen atoms in total. The third-order valence-electron chi connectivity index (χ3n) is 6.56. The zero-order chi connectivity index (χ0) is 30.5. The summed E-state index contributed by atoms with van der Waals surface area (Å²) in [5, 5.41) is 26.7. The number of aliphatic carboxylic acids is 1. The Morgan fingerprint density at radius 3 is 2.37 bits per heavy atom. The first-order chi connectivity index (χ1) is 19.2. The van der Waals surface area contributed by atoms with Crippen LogP contribution in [-0.4, -0.2) is 58.8 Å². The van der Waals surface area contributed by atoms with Crippen molar-refractivity contribution in [2.45, 2.75) is 51.8 Å². The summed E-state index contributed by atoms with van der Waals surface area (Å²) < 4.78 is 48.9. The molecule has 0 radical (unpaired) electrons. The van der Waals surface area contributed by atoms with Crippen LogP contribution in [0.4, 0.5) is 29.3 Å². The van der Waals surface area contributed by atoms with Gasteiger partial charge in [-0.1, -0.05) is 12.1 Å². The van der Waals surface area contributed by atoms with Crippen LogP contribution in [0.5, 0.6) is 5.75 Å². The smallest absolute Gasteiger partial charge is 0.420 e. The highest BCUT2D eigenvalue weighted by molar-refractivity contribution is 6.19. The van der Waals surface area contributed by atoms with Crippen molar-refractivity contribution in [3.8, 4) is 5.75 Å². The van der Waals surface area contributed by atoms with Gasteiger partial charge in [0, 0.05) is 43.6 Å². The molecule has 3 rings (SSSR count). The molecular weight excluding hydrogens is 545 g/mol. The lowest BCUT2D eigenvalue weighted by Gasteiger charge is -2.33. The number of carbonyl (C=O) groups excluding carboxylic acids is 2. The van der Waals surface area contributed by atoms with E-state index in [0.717, 1.165) is 19.1 Å². The Kier molecular flexibility index (Phi) is 9.58. The van der Waals surface area contributed by atoms with Crippen LogP contribution >= 0.6 is 0 Å². The molecule has 0 saturated carbocycles. The second-order valence-corrected chi connectivity index (χ2v) is 9.52. The van der Waals surface area contributed by atoms with Crippen molar-refractivity contribution in [2.75, 3.05) is 23.3 Å². The molecule has 0 spiro atoms. The molecule has 2 aromatic carbocycles. The van der Waals surface area contributed by atoms with Crippen molar-refractivity contribution in [1.82, 2.24) is 4.90 Å². The molecule has 0 aromatic heterocycles. The first-order valence-electron chi connectivity index (χ1n) is 12.7. The highest BCUT2D eigenvalue weighted by Crippen LogP contribution is 2.43. The number of anilines is 2. The number of halogens is 3. The quantitative estimate of drug-likeness (QED) is 0.226. The second-order valence-electron chi connectivity index (χ2n) is 9.52. The Balaban J connectivity index is 2.00. The van der Waals surface area contributed by atoms with Crippen molar-refractivity contribution in [3.05, 3.63) is 53.1 Å². The van der Waals surface area contributed by atoms with Gasteiger partial charge in [0.1, 0.15) is 23.3 Å². The van der Waals surface area contributed by atoms with Crippen LogP contribution in [-0.2, 0) is 15.8 Å². The Hall–Kier alpha value is -4.62. The van der Waals surface area contributed by atoms with Crippen LogP contribution in [0.25, 0.3) is 0 Å². The van der Waals surface area contributed by atoms with Crippen LogP contribution in [0.3, 0.4) is 0 Å². The number of hydrogen-bond donors (Lipinski definition) is 5. The van der Waals surface area contributed by atoms with E-state index in [9.17, 15) is 27.6 Å². The maximum absolute atomic E-state index is 14.4. The van der Waals surface area contributed by atoms with E-state index in [2.05, 4.69) is 5.32 Å². The standard InChI is InChI=1S/C27H31F3N6O5/c1-15-20(6-7-21(24(15)27(28,29)30)41-19-10-12-35(13-11-19)16(2)31)36(22(37)8-9-23(38)39)26(40)34-18-5-3-4-17(14-18)25(32)33/h3-7,14,19,31H,8-13H2,1-2H3,(H3,32,33)(H,34,40)(H,38,39). The lowest BCUT2D eigenvalue weighted by Crippen LogP contribution is -2.41. The number of piperidine rings is 1. The average molecular weight is 577 g/mol. The number of nitrogens with one attached hydrogen (secondary N) is 3. The van der Waals surface area contributed by atoms with Gasteiger partial charge in [-0.05, 0) is 43.7 Å². The molecule has 1 aliphatic rings. The summed E-state index contributed by atoms with van der Waals surface area (Å²) in [5.41, 5.74) is 3.83. The first kappa shape index (κ1) is 30.9. The van der Waals surface area contributed by atoms with E-state index in [1.807, 2.05) is 0 Å². The van der Waals surface area contributed by atoms with Crippen molar-refractivity contribution in [1.29, 1.82) is 10.8 Å². The van der Waals surface area contributed by atoms with Gasteiger partial charge in [0.2, 0.25) is 5.91 Å². The highest BCUT2D eigenvalue weighted by atomic mass is 19.4. The number of amides is 3. The number of rotatable bonds is 8. The molecule has 14 heteroatoms. The zero-order valence-electron chi connectivity index (χ0n) is 22.5. The minimum atomic E-state index is -4.91. The SMILES string of the molecule is CC(=N)N1CCC(Oc2ccc(N(C(=O)CCC(=O)O)C(=O)Nc3cccc(C(=N)N)c3)c(C)c2C(F)(F)F)CC1. The van der Waals surface area contributed by atoms with Gasteiger partial charge in [0.25, 0.3) is 0 Å². The van der Waals surface area contributed by atoms with E-state index < -0.39 is 65.6 Å². The number of nitrogens with zero attached hydrogens (tertiary/aromatic N) is 2. The summed E-state index contributed by atoms with van der Waals surface area (Å²) in [6, 6.07) is 6.83. The molecule has 0 aliphatic carbocycles. The number of likely N-dealkylation sites (tertiary alicyclic amines) is 1. The van der Waals surface area contributed by atoms with Crippen molar-refractivity contribution in [3.63, 3.8) is 0 Å². The van der Waals surface area contributed by atoms with Crippen LogP contribution in [0.2, 0.25) is 0 Å². The maximum Gasteiger partial charge on any atom is 0.420 e. The fourth-order valence-corrected chi connectivity index (χ4v) is 4.48. The molecule has 41 heavy (non-hydrogen) atoms. The van der Waals surface area contributed by atoms with Gasteiger partial charge in [-0.3, -0.25) is 20.4 Å². The van der Waals surface area contributed by atoms with Gasteiger partial charge in [-0.2, -0.15) is 13.2 Å². The van der Waals surface area contributed by atoms with Crippen molar-refractivity contribution < 1.29 is 37.4 Å². The molecule has 220 valence electrons. The monoisotopic (exact) mass is 576 g/mol. The number of carboxylic acid groups (broad SMARTS) is 1. The van der Waals surface area contributed by atoms with E-state index >= 15 is 0 Å². The lowest BCUT2D eigenvalue weighted by atomic mass is 10.0. The number of nitrogen functional groups attached to an aromatic ring is 1. The molecule has 1 saturated heterocycles. The van der Waals surface area contributed by atoms with Crippen LogP contribution < -0.4 is 20.7 Å². The van der Waals surface area contributed by atoms with Gasteiger partial charge >= 0.3 is 18.2 Å². The van der Waals surface area contributed by atoms with Crippen LogP contribution in [0.1, 0.15) is 49.3 Å². The number of hydrogen-bond acceptors (Lipinski definition) is 6. The van der Waals surface area contributed by atoms with Crippen LogP contribution in [0, 0.1) is 17.7 Å². The molecule has 0 unspecified atom stereocenters. The molecule has 3 amide bonds. The fraction of sp³-hybridized carbons (Fsp3) is 0.370. The average Bonchev–Trinajstić information content (AvgIpc) is 2.88. The largest absolute Gasteiger partial charge is 0.490 e. The van der Waals surface area contributed by atoms with E-state index in [1.165, 1.54) is 24.3 Å².